The van der Waals surface area contributed by atoms with Crippen LogP contribution in [0.5, 0.6) is 0 Å². The number of aromatic nitrogens is 4. The van der Waals surface area contributed by atoms with Crippen molar-refractivity contribution in [3.05, 3.63) is 64.2 Å². The molecule has 0 spiro atoms. The number of halogens is 3. The number of benzene rings is 1. The first-order chi connectivity index (χ1) is 12.2. The second-order valence-corrected chi connectivity index (χ2v) is 5.47. The molecule has 0 bridgehead atoms. The topological polar surface area (TPSA) is 95.8 Å². The monoisotopic (exact) mass is 363 g/mol. The summed E-state index contributed by atoms with van der Waals surface area (Å²) >= 11 is 0. The number of hydrogen-bond donors (Lipinski definition) is 1. The van der Waals surface area contributed by atoms with Crippen LogP contribution in [0.4, 0.5) is 13.2 Å². The third kappa shape index (κ3) is 3.21. The normalized spacial score (nSPS) is 11.5. The minimum atomic E-state index is -4.47. The molecule has 0 saturated carbocycles. The van der Waals surface area contributed by atoms with E-state index in [1.54, 1.807) is 7.05 Å². The molecular formula is C16H12F3N5O2. The number of carbonyl (C=O) groups excluding carboxylic acids is 1. The minimum absolute atomic E-state index is 0.121. The van der Waals surface area contributed by atoms with Gasteiger partial charge in [-0.25, -0.2) is 0 Å². The van der Waals surface area contributed by atoms with Gasteiger partial charge in [-0.2, -0.15) is 28.1 Å². The molecule has 134 valence electrons. The van der Waals surface area contributed by atoms with Crippen molar-refractivity contribution in [3.63, 3.8) is 0 Å². The second-order valence-electron chi connectivity index (χ2n) is 5.47. The lowest BCUT2D eigenvalue weighted by Crippen LogP contribution is -2.30. The van der Waals surface area contributed by atoms with Gasteiger partial charge in [0.15, 0.2) is 0 Å². The Bertz CT molecular complexity index is 1040. The van der Waals surface area contributed by atoms with Gasteiger partial charge in [0.1, 0.15) is 11.3 Å². The van der Waals surface area contributed by atoms with Gasteiger partial charge >= 0.3 is 6.18 Å². The van der Waals surface area contributed by atoms with Crippen molar-refractivity contribution in [3.8, 4) is 16.9 Å². The molecule has 1 amide bonds. The van der Waals surface area contributed by atoms with Gasteiger partial charge in [-0.1, -0.05) is 12.1 Å². The van der Waals surface area contributed by atoms with E-state index in [0.29, 0.717) is 0 Å². The fourth-order valence-electron chi connectivity index (χ4n) is 2.33. The molecule has 0 aliphatic heterocycles. The van der Waals surface area contributed by atoms with Crippen molar-refractivity contribution in [1.29, 1.82) is 0 Å². The van der Waals surface area contributed by atoms with E-state index >= 15 is 0 Å². The van der Waals surface area contributed by atoms with Crippen molar-refractivity contribution < 1.29 is 18.0 Å². The lowest BCUT2D eigenvalue weighted by Gasteiger charge is -2.10. The molecular weight excluding hydrogens is 351 g/mol. The lowest BCUT2D eigenvalue weighted by atomic mass is 10.1. The van der Waals surface area contributed by atoms with Gasteiger partial charge in [-0.05, 0) is 18.2 Å². The fraction of sp³-hybridized carbons (Fsp3) is 0.125. The quantitative estimate of drug-likeness (QED) is 0.767. The summed E-state index contributed by atoms with van der Waals surface area (Å²) in [6.07, 6.45) is -1.62. The number of amides is 1. The van der Waals surface area contributed by atoms with Crippen LogP contribution in [0.3, 0.4) is 0 Å². The highest BCUT2D eigenvalue weighted by atomic mass is 19.4. The number of alkyl halides is 3. The van der Waals surface area contributed by atoms with Gasteiger partial charge in [0, 0.05) is 12.6 Å². The van der Waals surface area contributed by atoms with Gasteiger partial charge in [-0.15, -0.1) is 0 Å². The van der Waals surface area contributed by atoms with Crippen LogP contribution < -0.4 is 11.3 Å². The summed E-state index contributed by atoms with van der Waals surface area (Å²) in [5, 5.41) is 8.05. The van der Waals surface area contributed by atoms with Crippen LogP contribution in [0.25, 0.3) is 16.9 Å². The number of nitrogens with two attached hydrogens (primary N) is 1. The van der Waals surface area contributed by atoms with Crippen molar-refractivity contribution in [2.24, 2.45) is 12.8 Å². The van der Waals surface area contributed by atoms with Crippen molar-refractivity contribution >= 4 is 5.91 Å². The molecule has 2 aromatic heterocycles. The highest BCUT2D eigenvalue weighted by Crippen LogP contribution is 2.30. The molecule has 2 N–H and O–H groups in total. The van der Waals surface area contributed by atoms with Crippen LogP contribution in [0, 0.1) is 0 Å². The maximum absolute atomic E-state index is 12.7. The van der Waals surface area contributed by atoms with Crippen LogP contribution in [0.15, 0.2) is 47.5 Å². The number of hydrogen-bond acceptors (Lipinski definition) is 4. The molecule has 3 aromatic rings. The standard InChI is InChI=1S/C16H12F3N5O2/c1-23-8-11(7-21-23)24-15(26)12(14(20)25)6-13(22-24)9-2-4-10(5-3-9)16(17,18)19/h2-8H,1H3,(H2,20,25). The Morgan fingerprint density at radius 3 is 2.35 bits per heavy atom. The zero-order valence-corrected chi connectivity index (χ0v) is 13.4. The minimum Gasteiger partial charge on any atom is -0.365 e. The molecule has 1 aromatic carbocycles. The van der Waals surface area contributed by atoms with E-state index in [9.17, 15) is 22.8 Å². The predicted octanol–water partition coefficient (Wildman–Crippen LogP) is 1.75. The summed E-state index contributed by atoms with van der Waals surface area (Å²) in [4.78, 5) is 24.0. The van der Waals surface area contributed by atoms with E-state index in [4.69, 9.17) is 5.73 Å². The molecule has 2 heterocycles. The Morgan fingerprint density at radius 2 is 1.85 bits per heavy atom. The number of nitrogens with zero attached hydrogens (tertiary/aromatic N) is 4. The first kappa shape index (κ1) is 17.4. The molecule has 0 aliphatic carbocycles. The molecule has 26 heavy (non-hydrogen) atoms. The molecule has 3 rings (SSSR count). The molecule has 0 fully saturated rings. The van der Waals surface area contributed by atoms with Gasteiger partial charge in [0.05, 0.1) is 23.7 Å². The van der Waals surface area contributed by atoms with Crippen LogP contribution in [-0.4, -0.2) is 25.5 Å². The van der Waals surface area contributed by atoms with Gasteiger partial charge in [0.2, 0.25) is 0 Å². The van der Waals surface area contributed by atoms with E-state index in [2.05, 4.69) is 10.2 Å². The highest BCUT2D eigenvalue weighted by molar-refractivity contribution is 5.93. The van der Waals surface area contributed by atoms with Crippen molar-refractivity contribution in [2.75, 3.05) is 0 Å². The molecule has 7 nitrogen and oxygen atoms in total. The van der Waals surface area contributed by atoms with Crippen LogP contribution in [-0.2, 0) is 13.2 Å². The Hall–Kier alpha value is -3.43. The van der Waals surface area contributed by atoms with Crippen molar-refractivity contribution in [2.45, 2.75) is 6.18 Å². The third-order valence-corrected chi connectivity index (χ3v) is 3.62. The zero-order chi connectivity index (χ0) is 19.1. The average Bonchev–Trinajstić information content (AvgIpc) is 3.00. The summed E-state index contributed by atoms with van der Waals surface area (Å²) in [7, 11) is 1.63. The molecule has 0 radical (unpaired) electrons. The van der Waals surface area contributed by atoms with E-state index in [1.807, 2.05) is 0 Å². The molecule has 0 aliphatic rings. The Kier molecular flexibility index (Phi) is 4.10. The van der Waals surface area contributed by atoms with Gasteiger partial charge in [-0.3, -0.25) is 14.3 Å². The Labute approximate surface area is 144 Å². The second kappa shape index (κ2) is 6.14. The number of primary amides is 1. The first-order valence-electron chi connectivity index (χ1n) is 7.27. The van der Waals surface area contributed by atoms with Crippen LogP contribution in [0.1, 0.15) is 15.9 Å². The van der Waals surface area contributed by atoms with E-state index < -0.39 is 23.2 Å². The van der Waals surface area contributed by atoms with E-state index in [0.717, 1.165) is 22.9 Å². The average molecular weight is 363 g/mol. The molecule has 0 unspecified atom stereocenters. The first-order valence-corrected chi connectivity index (χ1v) is 7.27. The van der Waals surface area contributed by atoms with Crippen LogP contribution in [0.2, 0.25) is 0 Å². The third-order valence-electron chi connectivity index (χ3n) is 3.62. The lowest BCUT2D eigenvalue weighted by molar-refractivity contribution is -0.137. The smallest absolute Gasteiger partial charge is 0.365 e. The molecule has 10 heteroatoms. The molecule has 0 atom stereocenters. The zero-order valence-electron chi connectivity index (χ0n) is 13.4. The number of carbonyl (C=O) groups is 1. The molecule has 0 saturated heterocycles. The summed E-state index contributed by atoms with van der Waals surface area (Å²) in [5.41, 5.74) is 4.04. The number of rotatable bonds is 3. The van der Waals surface area contributed by atoms with Crippen molar-refractivity contribution in [1.82, 2.24) is 19.6 Å². The SMILES string of the molecule is Cn1cc(-n2nc(-c3ccc(C(F)(F)F)cc3)cc(C(N)=O)c2=O)cn1. The predicted molar refractivity (Wildman–Crippen MR) is 85.6 cm³/mol. The van der Waals surface area contributed by atoms with Crippen LogP contribution >= 0.6 is 0 Å². The Balaban J connectivity index is 2.17. The summed E-state index contributed by atoms with van der Waals surface area (Å²) < 4.78 is 40.5. The van der Waals surface area contributed by atoms with E-state index in [-0.39, 0.29) is 22.5 Å². The Morgan fingerprint density at radius 1 is 1.19 bits per heavy atom. The highest BCUT2D eigenvalue weighted by Gasteiger charge is 2.30. The van der Waals surface area contributed by atoms with Gasteiger partial charge in [0.25, 0.3) is 11.5 Å². The summed E-state index contributed by atoms with van der Waals surface area (Å²) in [6, 6.07) is 5.34. The maximum atomic E-state index is 12.7. The maximum Gasteiger partial charge on any atom is 0.416 e. The number of aryl methyl sites for hydroxylation is 1. The van der Waals surface area contributed by atoms with E-state index in [1.165, 1.54) is 29.2 Å². The van der Waals surface area contributed by atoms with Gasteiger partial charge < -0.3 is 5.73 Å². The summed E-state index contributed by atoms with van der Waals surface area (Å²) in [5.74, 6) is -0.969. The summed E-state index contributed by atoms with van der Waals surface area (Å²) in [6.45, 7) is 0. The largest absolute Gasteiger partial charge is 0.416 e. The fourth-order valence-corrected chi connectivity index (χ4v) is 2.33.